The lowest BCUT2D eigenvalue weighted by molar-refractivity contribution is -0.119. The van der Waals surface area contributed by atoms with Crippen molar-refractivity contribution in [3.05, 3.63) is 58.4 Å². The van der Waals surface area contributed by atoms with Gasteiger partial charge in [0.25, 0.3) is 0 Å². The largest absolute Gasteiger partial charge is 0.338 e. The Bertz CT molecular complexity index is 1300. The van der Waals surface area contributed by atoms with Gasteiger partial charge in [0.05, 0.1) is 11.4 Å². The number of sulfonamides is 1. The van der Waals surface area contributed by atoms with Gasteiger partial charge in [-0.25, -0.2) is 8.42 Å². The summed E-state index contributed by atoms with van der Waals surface area (Å²) in [5.41, 5.74) is 2.46. The summed E-state index contributed by atoms with van der Waals surface area (Å²) in [5.74, 6) is 0.874. The zero-order valence-corrected chi connectivity index (χ0v) is 19.8. The van der Waals surface area contributed by atoms with Crippen molar-refractivity contribution < 1.29 is 17.7 Å². The van der Waals surface area contributed by atoms with Crippen molar-refractivity contribution in [2.75, 3.05) is 18.5 Å². The van der Waals surface area contributed by atoms with E-state index in [-0.39, 0.29) is 29.2 Å². The number of hydrogen-bond acceptors (Lipinski definition) is 6. The second-order valence-electron chi connectivity index (χ2n) is 8.09. The molecule has 1 aromatic heterocycles. The second-order valence-corrected chi connectivity index (χ2v) is 11.0. The van der Waals surface area contributed by atoms with Crippen molar-refractivity contribution in [3.63, 3.8) is 0 Å². The van der Waals surface area contributed by atoms with Crippen LogP contribution in [0.15, 0.2) is 56.4 Å². The van der Waals surface area contributed by atoms with Crippen LogP contribution in [0.3, 0.4) is 0 Å². The Morgan fingerprint density at radius 1 is 1.25 bits per heavy atom. The number of nitrogens with zero attached hydrogens (tertiary/aromatic N) is 4. The third-order valence-corrected chi connectivity index (χ3v) is 8.05. The van der Waals surface area contributed by atoms with Crippen molar-refractivity contribution in [1.82, 2.24) is 14.4 Å². The quantitative estimate of drug-likeness (QED) is 0.496. The average molecular weight is 517 g/mol. The molecular formula is C22H21BrN4O4S. The molecule has 2 heterocycles. The van der Waals surface area contributed by atoms with E-state index < -0.39 is 10.0 Å². The molecule has 3 aromatic rings. The van der Waals surface area contributed by atoms with Gasteiger partial charge in [0.1, 0.15) is 0 Å². The third-order valence-electron chi connectivity index (χ3n) is 5.76. The van der Waals surface area contributed by atoms with Crippen LogP contribution in [0.25, 0.3) is 11.4 Å². The molecule has 2 aliphatic rings. The Balaban J connectivity index is 1.33. The van der Waals surface area contributed by atoms with E-state index in [0.29, 0.717) is 18.8 Å². The zero-order valence-electron chi connectivity index (χ0n) is 17.4. The van der Waals surface area contributed by atoms with E-state index in [1.807, 2.05) is 24.3 Å². The predicted molar refractivity (Wildman–Crippen MR) is 121 cm³/mol. The van der Waals surface area contributed by atoms with Gasteiger partial charge < -0.3 is 9.42 Å². The lowest BCUT2D eigenvalue weighted by Crippen LogP contribution is -2.30. The number of rotatable bonds is 6. The molecule has 1 amide bonds. The highest BCUT2D eigenvalue weighted by Crippen LogP contribution is 2.37. The first kappa shape index (κ1) is 21.3. The maximum Gasteiger partial charge on any atom is 0.243 e. The fraction of sp³-hybridized carbons (Fsp3) is 0.318. The first-order valence-corrected chi connectivity index (χ1v) is 12.6. The average Bonchev–Trinajstić information content (AvgIpc) is 3.38. The van der Waals surface area contributed by atoms with Gasteiger partial charge in [-0.15, -0.1) is 0 Å². The number of benzene rings is 2. The number of fused-ring (bicyclic) bond motifs is 1. The second kappa shape index (κ2) is 8.09. The maximum atomic E-state index is 13.1. The first-order chi connectivity index (χ1) is 15.3. The molecule has 1 aliphatic heterocycles. The molecule has 2 aromatic carbocycles. The molecular weight excluding hydrogens is 496 g/mol. The van der Waals surface area contributed by atoms with Crippen LogP contribution in [0.2, 0.25) is 0 Å². The standard InChI is InChI=1S/C22H21BrN4O4S/c1-26(13-20-24-21(25-31-20)16-3-2-4-17(23)11-16)32(29,30)18-7-8-19-15(12-18)9-10-27(19)22(28)14-5-6-14/h2-4,7-8,11-12,14H,5-6,9-10,13H2,1H3. The van der Waals surface area contributed by atoms with Gasteiger partial charge in [-0.05, 0) is 55.2 Å². The summed E-state index contributed by atoms with van der Waals surface area (Å²) in [4.78, 5) is 18.8. The molecule has 0 atom stereocenters. The summed E-state index contributed by atoms with van der Waals surface area (Å²) >= 11 is 3.41. The van der Waals surface area contributed by atoms with Gasteiger partial charge in [0.15, 0.2) is 0 Å². The molecule has 0 N–H and O–H groups in total. The number of halogens is 1. The molecule has 10 heteroatoms. The number of anilines is 1. The summed E-state index contributed by atoms with van der Waals surface area (Å²) < 4.78 is 33.6. The maximum absolute atomic E-state index is 13.1. The summed E-state index contributed by atoms with van der Waals surface area (Å²) in [7, 11) is -2.29. The zero-order chi connectivity index (χ0) is 22.5. The van der Waals surface area contributed by atoms with Crippen LogP contribution >= 0.6 is 15.9 Å². The van der Waals surface area contributed by atoms with Crippen molar-refractivity contribution in [1.29, 1.82) is 0 Å². The predicted octanol–water partition coefficient (Wildman–Crippen LogP) is 3.62. The molecule has 1 saturated carbocycles. The molecule has 1 fully saturated rings. The highest BCUT2D eigenvalue weighted by molar-refractivity contribution is 9.10. The number of carbonyl (C=O) groups excluding carboxylic acids is 1. The Hall–Kier alpha value is -2.56. The molecule has 0 unspecified atom stereocenters. The van der Waals surface area contributed by atoms with E-state index in [9.17, 15) is 13.2 Å². The Kier molecular flexibility index (Phi) is 5.39. The minimum atomic E-state index is -3.77. The monoisotopic (exact) mass is 516 g/mol. The van der Waals surface area contributed by atoms with Gasteiger partial charge in [0, 0.05) is 35.2 Å². The van der Waals surface area contributed by atoms with Crippen LogP contribution in [-0.4, -0.2) is 42.4 Å². The minimum Gasteiger partial charge on any atom is -0.338 e. The smallest absolute Gasteiger partial charge is 0.243 e. The fourth-order valence-corrected chi connectivity index (χ4v) is 5.41. The fourth-order valence-electron chi connectivity index (χ4n) is 3.84. The molecule has 0 radical (unpaired) electrons. The summed E-state index contributed by atoms with van der Waals surface area (Å²) in [6.45, 7) is 0.553. The number of aromatic nitrogens is 2. The molecule has 32 heavy (non-hydrogen) atoms. The molecule has 166 valence electrons. The SMILES string of the molecule is CN(Cc1nc(-c2cccc(Br)c2)no1)S(=O)(=O)c1ccc2c(c1)CCN2C(=O)C1CC1. The van der Waals surface area contributed by atoms with E-state index in [2.05, 4.69) is 26.1 Å². The van der Waals surface area contributed by atoms with Crippen LogP contribution in [-0.2, 0) is 27.8 Å². The normalized spacial score (nSPS) is 15.9. The lowest BCUT2D eigenvalue weighted by atomic mass is 10.2. The van der Waals surface area contributed by atoms with Crippen molar-refractivity contribution in [2.45, 2.75) is 30.7 Å². The number of amides is 1. The van der Waals surface area contributed by atoms with E-state index in [0.717, 1.165) is 34.1 Å². The van der Waals surface area contributed by atoms with Gasteiger partial charge in [-0.1, -0.05) is 33.2 Å². The Morgan fingerprint density at radius 2 is 2.06 bits per heavy atom. The Labute approximate surface area is 194 Å². The highest BCUT2D eigenvalue weighted by Gasteiger charge is 2.37. The molecule has 0 saturated heterocycles. The van der Waals surface area contributed by atoms with E-state index in [4.69, 9.17) is 4.52 Å². The molecule has 0 spiro atoms. The summed E-state index contributed by atoms with van der Waals surface area (Å²) in [5, 5.41) is 3.96. The molecule has 5 rings (SSSR count). The van der Waals surface area contributed by atoms with Gasteiger partial charge >= 0.3 is 0 Å². The van der Waals surface area contributed by atoms with Gasteiger partial charge in [-0.2, -0.15) is 9.29 Å². The summed E-state index contributed by atoms with van der Waals surface area (Å²) in [6, 6.07) is 12.4. The highest BCUT2D eigenvalue weighted by atomic mass is 79.9. The topological polar surface area (TPSA) is 96.6 Å². The van der Waals surface area contributed by atoms with Crippen LogP contribution in [0, 0.1) is 5.92 Å². The minimum absolute atomic E-state index is 0.0489. The molecule has 8 nitrogen and oxygen atoms in total. The van der Waals surface area contributed by atoms with Crippen molar-refractivity contribution in [2.24, 2.45) is 5.92 Å². The van der Waals surface area contributed by atoms with Crippen molar-refractivity contribution >= 4 is 37.5 Å². The van der Waals surface area contributed by atoms with Gasteiger partial charge in [-0.3, -0.25) is 4.79 Å². The van der Waals surface area contributed by atoms with E-state index in [1.165, 1.54) is 11.4 Å². The number of hydrogen-bond donors (Lipinski definition) is 0. The Morgan fingerprint density at radius 3 is 2.81 bits per heavy atom. The summed E-state index contributed by atoms with van der Waals surface area (Å²) in [6.07, 6.45) is 2.54. The van der Waals surface area contributed by atoms with E-state index >= 15 is 0 Å². The third kappa shape index (κ3) is 3.98. The molecule has 1 aliphatic carbocycles. The van der Waals surface area contributed by atoms with Crippen LogP contribution in [0.4, 0.5) is 5.69 Å². The first-order valence-electron chi connectivity index (χ1n) is 10.3. The van der Waals surface area contributed by atoms with Crippen LogP contribution < -0.4 is 4.90 Å². The van der Waals surface area contributed by atoms with Gasteiger partial charge in [0.2, 0.25) is 27.6 Å². The van der Waals surface area contributed by atoms with E-state index in [1.54, 1.807) is 23.1 Å². The lowest BCUT2D eigenvalue weighted by Gasteiger charge is -2.18. The number of carbonyl (C=O) groups is 1. The van der Waals surface area contributed by atoms with Crippen LogP contribution in [0.5, 0.6) is 0 Å². The molecule has 0 bridgehead atoms. The van der Waals surface area contributed by atoms with Crippen LogP contribution in [0.1, 0.15) is 24.3 Å². The van der Waals surface area contributed by atoms with Crippen molar-refractivity contribution in [3.8, 4) is 11.4 Å².